The largest absolute Gasteiger partial charge is 0.326 e. The predicted molar refractivity (Wildman–Crippen MR) is 85.1 cm³/mol. The van der Waals surface area contributed by atoms with Crippen molar-refractivity contribution in [3.8, 4) is 0 Å². The van der Waals surface area contributed by atoms with E-state index < -0.39 is 0 Å². The Morgan fingerprint density at radius 3 is 2.47 bits per heavy atom. The van der Waals surface area contributed by atoms with Gasteiger partial charge in [-0.25, -0.2) is 0 Å². The summed E-state index contributed by atoms with van der Waals surface area (Å²) < 4.78 is 1.13. The van der Waals surface area contributed by atoms with Crippen LogP contribution >= 0.6 is 15.9 Å². The number of halogens is 1. The second-order valence-electron chi connectivity index (χ2n) is 6.09. The van der Waals surface area contributed by atoms with Crippen LogP contribution in [0.1, 0.15) is 45.2 Å². The van der Waals surface area contributed by atoms with Gasteiger partial charge in [0, 0.05) is 29.1 Å². The van der Waals surface area contributed by atoms with Gasteiger partial charge in [-0.15, -0.1) is 0 Å². The van der Waals surface area contributed by atoms with Crippen LogP contribution in [-0.2, 0) is 0 Å². The lowest BCUT2D eigenvalue weighted by atomic mass is 9.97. The van der Waals surface area contributed by atoms with Crippen LogP contribution < -0.4 is 5.73 Å². The highest BCUT2D eigenvalue weighted by atomic mass is 79.9. The summed E-state index contributed by atoms with van der Waals surface area (Å²) in [6.07, 6.45) is 2.76. The van der Waals surface area contributed by atoms with Gasteiger partial charge in [0.25, 0.3) is 0 Å². The lowest BCUT2D eigenvalue weighted by Gasteiger charge is -2.38. The first-order valence-electron chi connectivity index (χ1n) is 7.26. The maximum atomic E-state index is 6.30. The fourth-order valence-electron chi connectivity index (χ4n) is 2.73. The number of hydrogen-bond donors (Lipinski definition) is 1. The van der Waals surface area contributed by atoms with E-state index in [9.17, 15) is 0 Å². The SMILES string of the molecule is CC(N)C(c1cccc(Br)c1)N(CC1CC1)C(C)C. The van der Waals surface area contributed by atoms with Crippen LogP contribution in [0.5, 0.6) is 0 Å². The third kappa shape index (κ3) is 4.04. The second-order valence-corrected chi connectivity index (χ2v) is 7.01. The molecule has 0 saturated heterocycles. The van der Waals surface area contributed by atoms with Gasteiger partial charge in [0.05, 0.1) is 0 Å². The van der Waals surface area contributed by atoms with Gasteiger partial charge in [-0.2, -0.15) is 0 Å². The van der Waals surface area contributed by atoms with Gasteiger partial charge < -0.3 is 5.73 Å². The van der Waals surface area contributed by atoms with Crippen LogP contribution in [0.25, 0.3) is 0 Å². The molecule has 3 heteroatoms. The highest BCUT2D eigenvalue weighted by molar-refractivity contribution is 9.10. The fourth-order valence-corrected chi connectivity index (χ4v) is 3.15. The molecular formula is C16H25BrN2. The molecule has 1 aliphatic rings. The molecule has 0 bridgehead atoms. The Bertz CT molecular complexity index is 413. The Labute approximate surface area is 125 Å². The average Bonchev–Trinajstić information content (AvgIpc) is 3.11. The smallest absolute Gasteiger partial charge is 0.0499 e. The Kier molecular flexibility index (Phi) is 5.04. The van der Waals surface area contributed by atoms with Crippen LogP contribution in [0.4, 0.5) is 0 Å². The van der Waals surface area contributed by atoms with Gasteiger partial charge >= 0.3 is 0 Å². The van der Waals surface area contributed by atoms with E-state index >= 15 is 0 Å². The molecule has 0 spiro atoms. The quantitative estimate of drug-likeness (QED) is 0.858. The van der Waals surface area contributed by atoms with E-state index in [0.29, 0.717) is 12.1 Å². The summed E-state index contributed by atoms with van der Waals surface area (Å²) in [5.41, 5.74) is 7.61. The number of nitrogens with two attached hydrogens (primary N) is 1. The lowest BCUT2D eigenvalue weighted by Crippen LogP contribution is -2.44. The summed E-state index contributed by atoms with van der Waals surface area (Å²) >= 11 is 3.57. The van der Waals surface area contributed by atoms with E-state index in [1.807, 2.05) is 0 Å². The number of nitrogens with zero attached hydrogens (tertiary/aromatic N) is 1. The summed E-state index contributed by atoms with van der Waals surface area (Å²) in [7, 11) is 0. The minimum Gasteiger partial charge on any atom is -0.326 e. The normalized spacial score (nSPS) is 18.9. The first-order valence-corrected chi connectivity index (χ1v) is 8.05. The molecule has 0 heterocycles. The minimum atomic E-state index is 0.135. The van der Waals surface area contributed by atoms with Crippen molar-refractivity contribution in [2.45, 2.75) is 51.7 Å². The molecule has 2 unspecified atom stereocenters. The number of hydrogen-bond acceptors (Lipinski definition) is 2. The van der Waals surface area contributed by atoms with Crippen molar-refractivity contribution in [3.63, 3.8) is 0 Å². The van der Waals surface area contributed by atoms with E-state index in [1.165, 1.54) is 24.9 Å². The summed E-state index contributed by atoms with van der Waals surface area (Å²) in [6, 6.07) is 9.54. The summed E-state index contributed by atoms with van der Waals surface area (Å²) in [5.74, 6) is 0.885. The Morgan fingerprint density at radius 1 is 1.32 bits per heavy atom. The molecule has 1 saturated carbocycles. The zero-order valence-electron chi connectivity index (χ0n) is 12.1. The molecule has 106 valence electrons. The van der Waals surface area contributed by atoms with Crippen molar-refractivity contribution in [2.24, 2.45) is 11.7 Å². The number of rotatable bonds is 6. The van der Waals surface area contributed by atoms with E-state index in [0.717, 1.165) is 10.4 Å². The molecule has 1 aromatic rings. The molecule has 0 aromatic heterocycles. The zero-order chi connectivity index (χ0) is 14.0. The molecule has 1 aliphatic carbocycles. The predicted octanol–water partition coefficient (Wildman–Crippen LogP) is 3.96. The molecule has 1 fully saturated rings. The van der Waals surface area contributed by atoms with E-state index in [-0.39, 0.29) is 6.04 Å². The van der Waals surface area contributed by atoms with Crippen LogP contribution in [0, 0.1) is 5.92 Å². The maximum absolute atomic E-state index is 6.30. The second kappa shape index (κ2) is 6.38. The van der Waals surface area contributed by atoms with Gasteiger partial charge in [-0.05, 0) is 57.2 Å². The summed E-state index contributed by atoms with van der Waals surface area (Å²) in [5, 5.41) is 0. The van der Waals surface area contributed by atoms with Crippen molar-refractivity contribution in [1.82, 2.24) is 4.90 Å². The van der Waals surface area contributed by atoms with Gasteiger partial charge in [-0.1, -0.05) is 28.1 Å². The third-order valence-electron chi connectivity index (χ3n) is 3.87. The first-order chi connectivity index (χ1) is 8.99. The molecule has 2 atom stereocenters. The van der Waals surface area contributed by atoms with Gasteiger partial charge in [0.2, 0.25) is 0 Å². The van der Waals surface area contributed by atoms with Gasteiger partial charge in [0.1, 0.15) is 0 Å². The Morgan fingerprint density at radius 2 is 2.00 bits per heavy atom. The third-order valence-corrected chi connectivity index (χ3v) is 4.37. The Hall–Kier alpha value is -0.380. The van der Waals surface area contributed by atoms with Gasteiger partial charge in [-0.3, -0.25) is 4.90 Å². The lowest BCUT2D eigenvalue weighted by molar-refractivity contribution is 0.129. The monoisotopic (exact) mass is 324 g/mol. The molecule has 2 N–H and O–H groups in total. The van der Waals surface area contributed by atoms with Crippen LogP contribution in [0.2, 0.25) is 0 Å². The Balaban J connectivity index is 2.25. The molecule has 0 amide bonds. The molecule has 19 heavy (non-hydrogen) atoms. The van der Waals surface area contributed by atoms with Crippen molar-refractivity contribution in [3.05, 3.63) is 34.3 Å². The molecule has 2 rings (SSSR count). The molecule has 0 radical (unpaired) electrons. The van der Waals surface area contributed by atoms with E-state index in [4.69, 9.17) is 5.73 Å². The van der Waals surface area contributed by atoms with Crippen molar-refractivity contribution < 1.29 is 0 Å². The van der Waals surface area contributed by atoms with Crippen LogP contribution in [0.3, 0.4) is 0 Å². The minimum absolute atomic E-state index is 0.135. The fraction of sp³-hybridized carbons (Fsp3) is 0.625. The first kappa shape index (κ1) is 15.0. The standard InChI is InChI=1S/C16H25BrN2/c1-11(2)19(10-13-7-8-13)16(12(3)18)14-5-4-6-15(17)9-14/h4-6,9,11-13,16H,7-8,10,18H2,1-3H3. The van der Waals surface area contributed by atoms with Crippen molar-refractivity contribution in [1.29, 1.82) is 0 Å². The average molecular weight is 325 g/mol. The van der Waals surface area contributed by atoms with Crippen molar-refractivity contribution >= 4 is 15.9 Å². The molecular weight excluding hydrogens is 300 g/mol. The molecule has 2 nitrogen and oxygen atoms in total. The molecule has 1 aromatic carbocycles. The highest BCUT2D eigenvalue weighted by Crippen LogP contribution is 2.35. The van der Waals surface area contributed by atoms with Crippen molar-refractivity contribution in [2.75, 3.05) is 6.54 Å². The van der Waals surface area contributed by atoms with Gasteiger partial charge in [0.15, 0.2) is 0 Å². The highest BCUT2D eigenvalue weighted by Gasteiger charge is 2.32. The summed E-state index contributed by atoms with van der Waals surface area (Å²) in [4.78, 5) is 2.57. The topological polar surface area (TPSA) is 29.3 Å². The number of benzene rings is 1. The van der Waals surface area contributed by atoms with Crippen LogP contribution in [-0.4, -0.2) is 23.5 Å². The molecule has 0 aliphatic heterocycles. The van der Waals surface area contributed by atoms with E-state index in [1.54, 1.807) is 0 Å². The zero-order valence-corrected chi connectivity index (χ0v) is 13.7. The maximum Gasteiger partial charge on any atom is 0.0499 e. The van der Waals surface area contributed by atoms with E-state index in [2.05, 4.69) is 65.9 Å². The van der Waals surface area contributed by atoms with Crippen LogP contribution in [0.15, 0.2) is 28.7 Å². The summed E-state index contributed by atoms with van der Waals surface area (Å²) in [6.45, 7) is 7.84.